The summed E-state index contributed by atoms with van der Waals surface area (Å²) >= 11 is 0. The molecule has 0 aliphatic rings. The van der Waals surface area contributed by atoms with Crippen LogP contribution < -0.4 is 8.92 Å². The number of nitrogens with zero attached hydrogens (tertiary/aromatic N) is 2. The van der Waals surface area contributed by atoms with Crippen LogP contribution in [0.4, 0.5) is 5.69 Å². The van der Waals surface area contributed by atoms with Gasteiger partial charge >= 0.3 is 10.1 Å². The van der Waals surface area contributed by atoms with E-state index in [1.165, 1.54) is 49.6 Å². The first kappa shape index (κ1) is 18.0. The fraction of sp³-hybridized carbons (Fsp3) is 0.0625. The number of rotatable bonds is 6. The zero-order valence-electron chi connectivity index (χ0n) is 12.9. The van der Waals surface area contributed by atoms with Gasteiger partial charge in [-0.25, -0.2) is 0 Å². The third kappa shape index (κ3) is 4.13. The van der Waals surface area contributed by atoms with Gasteiger partial charge in [0, 0.05) is 12.1 Å². The number of hydrogen-bond acceptors (Lipinski definition) is 7. The van der Waals surface area contributed by atoms with Crippen LogP contribution in [0.2, 0.25) is 0 Å². The van der Waals surface area contributed by atoms with Crippen LogP contribution >= 0.6 is 0 Å². The molecule has 0 fully saturated rings. The predicted octanol–water partition coefficient (Wildman–Crippen LogP) is 2.91. The van der Waals surface area contributed by atoms with Gasteiger partial charge < -0.3 is 8.92 Å². The van der Waals surface area contributed by atoms with E-state index in [4.69, 9.17) is 14.2 Å². The monoisotopic (exact) mass is 360 g/mol. The molecule has 8 nitrogen and oxygen atoms in total. The van der Waals surface area contributed by atoms with Crippen molar-refractivity contribution in [3.8, 4) is 17.6 Å². The summed E-state index contributed by atoms with van der Waals surface area (Å²) in [5.41, 5.74) is 0.00359. The molecule has 128 valence electrons. The van der Waals surface area contributed by atoms with Gasteiger partial charge in [-0.2, -0.15) is 13.7 Å². The molecular weight excluding hydrogens is 348 g/mol. The van der Waals surface area contributed by atoms with Crippen molar-refractivity contribution in [1.82, 2.24) is 0 Å². The lowest BCUT2D eigenvalue weighted by atomic mass is 10.2. The first-order chi connectivity index (χ1) is 11.9. The van der Waals surface area contributed by atoms with Crippen LogP contribution in [-0.2, 0) is 10.1 Å². The Hall–Kier alpha value is -3.38. The highest BCUT2D eigenvalue weighted by Gasteiger charge is 2.28. The molecule has 9 heteroatoms. The first-order valence-electron chi connectivity index (χ1n) is 6.81. The Morgan fingerprint density at radius 3 is 2.56 bits per heavy atom. The predicted molar refractivity (Wildman–Crippen MR) is 88.6 cm³/mol. The molecule has 0 unspecified atom stereocenters. The Bertz CT molecular complexity index is 976. The van der Waals surface area contributed by atoms with E-state index in [-0.39, 0.29) is 11.5 Å². The minimum atomic E-state index is -4.44. The molecule has 0 aromatic heterocycles. The summed E-state index contributed by atoms with van der Waals surface area (Å²) in [6, 6.07) is 11.0. The molecule has 0 aliphatic heterocycles. The highest BCUT2D eigenvalue weighted by Crippen LogP contribution is 2.33. The van der Waals surface area contributed by atoms with Crippen LogP contribution in [-0.4, -0.2) is 20.5 Å². The Morgan fingerprint density at radius 1 is 1.20 bits per heavy atom. The van der Waals surface area contributed by atoms with E-state index >= 15 is 0 Å². The molecule has 0 radical (unpaired) electrons. The molecule has 0 saturated carbocycles. The number of benzene rings is 2. The van der Waals surface area contributed by atoms with Crippen molar-refractivity contribution in [3.63, 3.8) is 0 Å². The molecule has 0 amide bonds. The van der Waals surface area contributed by atoms with E-state index in [0.717, 1.165) is 12.1 Å². The van der Waals surface area contributed by atoms with Gasteiger partial charge in [-0.3, -0.25) is 10.1 Å². The molecular formula is C16H12N2O6S. The van der Waals surface area contributed by atoms with Gasteiger partial charge in [-0.1, -0.05) is 18.2 Å². The van der Waals surface area contributed by atoms with Crippen molar-refractivity contribution in [1.29, 1.82) is 5.26 Å². The molecule has 2 aromatic rings. The number of nitro groups is 1. The van der Waals surface area contributed by atoms with E-state index in [1.807, 2.05) is 6.07 Å². The SMILES string of the molecule is COc1cc(/C=C\C#N)ccc1OS(=O)(=O)c1ccccc1[N+](=O)[O-]. The fourth-order valence-electron chi connectivity index (χ4n) is 1.97. The smallest absolute Gasteiger partial charge is 0.346 e. The van der Waals surface area contributed by atoms with Crippen molar-refractivity contribution in [2.45, 2.75) is 4.90 Å². The van der Waals surface area contributed by atoms with Crippen molar-refractivity contribution in [2.24, 2.45) is 0 Å². The second-order valence-electron chi connectivity index (χ2n) is 4.64. The number of methoxy groups -OCH3 is 1. The van der Waals surface area contributed by atoms with Crippen LogP contribution in [0.3, 0.4) is 0 Å². The summed E-state index contributed by atoms with van der Waals surface area (Å²) in [5.74, 6) is -0.0305. The van der Waals surface area contributed by atoms with Crippen molar-refractivity contribution < 1.29 is 22.3 Å². The number of para-hydroxylation sites is 1. The van der Waals surface area contributed by atoms with Gasteiger partial charge in [0.25, 0.3) is 5.69 Å². The normalized spacial score (nSPS) is 11.0. The van der Waals surface area contributed by atoms with Gasteiger partial charge in [-0.05, 0) is 29.8 Å². The molecule has 0 spiro atoms. The molecule has 25 heavy (non-hydrogen) atoms. The van der Waals surface area contributed by atoms with Gasteiger partial charge in [0.1, 0.15) is 0 Å². The molecule has 2 rings (SSSR count). The zero-order valence-corrected chi connectivity index (χ0v) is 13.8. The van der Waals surface area contributed by atoms with Crippen LogP contribution in [0.25, 0.3) is 6.08 Å². The maximum absolute atomic E-state index is 12.4. The molecule has 0 saturated heterocycles. The van der Waals surface area contributed by atoms with Crippen molar-refractivity contribution >= 4 is 21.9 Å². The summed E-state index contributed by atoms with van der Waals surface area (Å²) in [7, 11) is -3.13. The number of ether oxygens (including phenoxy) is 1. The molecule has 0 bridgehead atoms. The van der Waals surface area contributed by atoms with Crippen LogP contribution in [0.5, 0.6) is 11.5 Å². The average Bonchev–Trinajstić information content (AvgIpc) is 2.60. The Kier molecular flexibility index (Phi) is 5.36. The molecule has 0 heterocycles. The fourth-order valence-corrected chi connectivity index (χ4v) is 3.08. The molecule has 0 aliphatic carbocycles. The third-order valence-corrected chi connectivity index (χ3v) is 4.35. The summed E-state index contributed by atoms with van der Waals surface area (Å²) in [5, 5.41) is 19.5. The van der Waals surface area contributed by atoms with E-state index in [1.54, 1.807) is 0 Å². The topological polar surface area (TPSA) is 120 Å². The molecule has 0 atom stereocenters. The van der Waals surface area contributed by atoms with E-state index in [0.29, 0.717) is 5.56 Å². The molecule has 0 N–H and O–H groups in total. The van der Waals surface area contributed by atoms with Crippen LogP contribution in [0, 0.1) is 21.4 Å². The highest BCUT2D eigenvalue weighted by atomic mass is 32.2. The lowest BCUT2D eigenvalue weighted by molar-refractivity contribution is -0.387. The minimum Gasteiger partial charge on any atom is -0.493 e. The Balaban J connectivity index is 2.44. The summed E-state index contributed by atoms with van der Waals surface area (Å²) < 4.78 is 34.9. The summed E-state index contributed by atoms with van der Waals surface area (Å²) in [6.07, 6.45) is 2.75. The first-order valence-corrected chi connectivity index (χ1v) is 8.22. The maximum Gasteiger partial charge on any atom is 0.346 e. The standard InChI is InChI=1S/C16H12N2O6S/c1-23-15-11-12(5-4-10-17)8-9-14(15)24-25(21,22)16-7-3-2-6-13(16)18(19)20/h2-9,11H,1H3/b5-4-. The summed E-state index contributed by atoms with van der Waals surface area (Å²) in [6.45, 7) is 0. The van der Waals surface area contributed by atoms with Gasteiger partial charge in [0.15, 0.2) is 16.4 Å². The van der Waals surface area contributed by atoms with Crippen molar-refractivity contribution in [3.05, 3.63) is 64.2 Å². The number of nitriles is 1. The highest BCUT2D eigenvalue weighted by molar-refractivity contribution is 7.87. The van der Waals surface area contributed by atoms with Crippen LogP contribution in [0.1, 0.15) is 5.56 Å². The largest absolute Gasteiger partial charge is 0.493 e. The average molecular weight is 360 g/mol. The maximum atomic E-state index is 12.4. The zero-order chi connectivity index (χ0) is 18.4. The lowest BCUT2D eigenvalue weighted by Crippen LogP contribution is -2.12. The number of allylic oxidation sites excluding steroid dienone is 1. The van der Waals surface area contributed by atoms with Crippen molar-refractivity contribution in [2.75, 3.05) is 7.11 Å². The third-order valence-electron chi connectivity index (χ3n) is 3.07. The van der Waals surface area contributed by atoms with E-state index in [2.05, 4.69) is 0 Å². The van der Waals surface area contributed by atoms with Gasteiger partial charge in [0.05, 0.1) is 18.1 Å². The Labute approximate surface area is 143 Å². The second-order valence-corrected chi connectivity index (χ2v) is 6.15. The quantitative estimate of drug-likeness (QED) is 0.336. The summed E-state index contributed by atoms with van der Waals surface area (Å²) in [4.78, 5) is 9.65. The second kappa shape index (κ2) is 7.46. The number of nitro benzene ring substituents is 1. The van der Waals surface area contributed by atoms with Gasteiger partial charge in [0.2, 0.25) is 0 Å². The van der Waals surface area contributed by atoms with E-state index < -0.39 is 25.6 Å². The molecule has 2 aromatic carbocycles. The minimum absolute atomic E-state index is 0.0993. The van der Waals surface area contributed by atoms with Crippen LogP contribution in [0.15, 0.2) is 53.4 Å². The number of hydrogen-bond donors (Lipinski definition) is 0. The van der Waals surface area contributed by atoms with E-state index in [9.17, 15) is 18.5 Å². The Morgan fingerprint density at radius 2 is 1.92 bits per heavy atom. The van der Waals surface area contributed by atoms with Gasteiger partial charge in [-0.15, -0.1) is 0 Å². The lowest BCUT2D eigenvalue weighted by Gasteiger charge is -2.11.